The first-order valence-corrected chi connectivity index (χ1v) is 15.8. The van der Waals surface area contributed by atoms with E-state index in [4.69, 9.17) is 10.2 Å². The number of nitrogens with zero attached hydrogens (tertiary/aromatic N) is 1. The summed E-state index contributed by atoms with van der Waals surface area (Å²) in [4.78, 5) is 96.4. The van der Waals surface area contributed by atoms with E-state index in [0.717, 1.165) is 4.90 Å². The van der Waals surface area contributed by atoms with Crippen LogP contribution in [0.3, 0.4) is 0 Å². The van der Waals surface area contributed by atoms with E-state index in [2.05, 4.69) is 33.9 Å². The van der Waals surface area contributed by atoms with Crippen molar-refractivity contribution >= 4 is 59.9 Å². The molecule has 2 aromatic carbocycles. The number of ketones is 1. The zero-order valence-corrected chi connectivity index (χ0v) is 27.3. The first-order chi connectivity index (χ1) is 23.3. The van der Waals surface area contributed by atoms with Gasteiger partial charge in [-0.25, -0.2) is 0 Å². The van der Waals surface area contributed by atoms with E-state index in [-0.39, 0.29) is 56.0 Å². The van der Waals surface area contributed by atoms with Crippen LogP contribution >= 0.6 is 12.6 Å². The number of unbranched alkanes of at least 4 members (excludes halogenated alkanes) is 1. The van der Waals surface area contributed by atoms with Gasteiger partial charge in [0.15, 0.2) is 5.78 Å². The highest BCUT2D eigenvalue weighted by Gasteiger charge is 2.28. The number of nitrogens with one attached hydrogen (secondary N) is 4. The fourth-order valence-corrected chi connectivity index (χ4v) is 4.78. The summed E-state index contributed by atoms with van der Waals surface area (Å²) in [6.45, 7) is -1.64. The summed E-state index contributed by atoms with van der Waals surface area (Å²) in [6, 6.07) is 12.3. The Morgan fingerprint density at radius 1 is 0.694 bits per heavy atom. The van der Waals surface area contributed by atoms with Crippen LogP contribution in [0.2, 0.25) is 0 Å². The maximum atomic E-state index is 12.5. The second-order valence-corrected chi connectivity index (χ2v) is 11.1. The maximum Gasteiger partial charge on any atom is 0.320 e. The summed E-state index contributed by atoms with van der Waals surface area (Å²) in [7, 11) is 0. The Kier molecular flexibility index (Phi) is 17.0. The van der Waals surface area contributed by atoms with Gasteiger partial charge in [-0.1, -0.05) is 42.5 Å². The number of thiol groups is 1. The quantitative estimate of drug-likeness (QED) is 0.0353. The minimum Gasteiger partial charge on any atom is -0.480 e. The number of carbonyl (C=O) groups is 8. The summed E-state index contributed by atoms with van der Waals surface area (Å²) in [5.41, 5.74) is 1.18. The third-order valence-electron chi connectivity index (χ3n) is 7.00. The van der Waals surface area contributed by atoms with Crippen LogP contribution in [0.1, 0.15) is 58.4 Å². The SMILES string of the molecule is O=C(O)CN(CC(=O)O)C(CCCCNC(=O)CCC(=O)NC(CS)C(=O)NCNC(=O)c1ccc(C(=O)c2ccccc2)cc1)C(=O)O. The molecule has 0 aliphatic carbocycles. The monoisotopic (exact) mass is 701 g/mol. The number of aliphatic carboxylic acids is 3. The molecule has 0 bridgehead atoms. The molecule has 2 atom stereocenters. The van der Waals surface area contributed by atoms with Crippen LogP contribution in [0.25, 0.3) is 0 Å². The summed E-state index contributed by atoms with van der Waals surface area (Å²) >= 11 is 4.08. The van der Waals surface area contributed by atoms with Crippen molar-refractivity contribution in [3.8, 4) is 0 Å². The van der Waals surface area contributed by atoms with E-state index in [0.29, 0.717) is 17.5 Å². The van der Waals surface area contributed by atoms with Gasteiger partial charge in [0, 0.05) is 41.8 Å². The first kappa shape index (κ1) is 39.9. The fourth-order valence-electron chi connectivity index (χ4n) is 4.52. The molecule has 0 spiro atoms. The van der Waals surface area contributed by atoms with Gasteiger partial charge < -0.3 is 36.6 Å². The molecule has 0 aliphatic rings. The maximum absolute atomic E-state index is 12.5. The molecule has 0 saturated carbocycles. The molecule has 7 N–H and O–H groups in total. The summed E-state index contributed by atoms with van der Waals surface area (Å²) in [5, 5.41) is 37.4. The van der Waals surface area contributed by atoms with Gasteiger partial charge in [-0.05, 0) is 31.4 Å². The standard InChI is InChI=1S/C32H39N5O11S/c38-25(33-15-5-4-8-24(32(47)48)37(16-27(40)41)17-28(42)43)13-14-26(39)36-23(18-49)31(46)35-19-34-30(45)22-11-9-21(10-12-22)29(44)20-6-2-1-3-7-20/h1-3,6-7,9-12,23-24,49H,4-5,8,13-19H2,(H,33,38)(H,34,45)(H,35,46)(H,36,39)(H,40,41)(H,42,43)(H,47,48). The minimum absolute atomic E-state index is 0.0461. The molecule has 0 radical (unpaired) electrons. The Bertz CT molecular complexity index is 1470. The normalized spacial score (nSPS) is 11.9. The average Bonchev–Trinajstić information content (AvgIpc) is 3.06. The molecule has 0 aliphatic heterocycles. The van der Waals surface area contributed by atoms with Crippen LogP contribution in [-0.4, -0.2) is 112 Å². The van der Waals surface area contributed by atoms with Gasteiger partial charge in [-0.3, -0.25) is 43.3 Å². The van der Waals surface area contributed by atoms with Gasteiger partial charge in [0.1, 0.15) is 12.1 Å². The molecule has 2 aromatic rings. The van der Waals surface area contributed by atoms with Crippen LogP contribution in [0.15, 0.2) is 54.6 Å². The summed E-state index contributed by atoms with van der Waals surface area (Å²) in [5.74, 6) is -6.56. The van der Waals surface area contributed by atoms with Crippen LogP contribution in [-0.2, 0) is 28.8 Å². The van der Waals surface area contributed by atoms with Gasteiger partial charge in [0.25, 0.3) is 5.91 Å². The molecule has 4 amide bonds. The third kappa shape index (κ3) is 14.6. The van der Waals surface area contributed by atoms with Crippen LogP contribution in [0, 0.1) is 0 Å². The number of carboxylic acids is 3. The summed E-state index contributed by atoms with van der Waals surface area (Å²) in [6.07, 6.45) is 0.0577. The predicted molar refractivity (Wildman–Crippen MR) is 177 cm³/mol. The predicted octanol–water partition coefficient (Wildman–Crippen LogP) is 0.127. The average molecular weight is 702 g/mol. The molecule has 264 valence electrons. The van der Waals surface area contributed by atoms with Crippen molar-refractivity contribution in [1.29, 1.82) is 0 Å². The number of hydrogen-bond acceptors (Lipinski definition) is 10. The Morgan fingerprint density at radius 2 is 1.27 bits per heavy atom. The van der Waals surface area contributed by atoms with E-state index in [1.165, 1.54) is 24.3 Å². The van der Waals surface area contributed by atoms with E-state index in [1.54, 1.807) is 30.3 Å². The van der Waals surface area contributed by atoms with Gasteiger partial charge in [-0.15, -0.1) is 0 Å². The van der Waals surface area contributed by atoms with Crippen molar-refractivity contribution in [2.75, 3.05) is 32.1 Å². The Labute approximate surface area is 287 Å². The molecule has 2 rings (SSSR count). The molecule has 16 nitrogen and oxygen atoms in total. The molecule has 17 heteroatoms. The molecule has 2 unspecified atom stereocenters. The van der Waals surface area contributed by atoms with E-state index in [9.17, 15) is 43.5 Å². The van der Waals surface area contributed by atoms with Gasteiger partial charge >= 0.3 is 17.9 Å². The van der Waals surface area contributed by atoms with E-state index < -0.39 is 66.7 Å². The van der Waals surface area contributed by atoms with Crippen molar-refractivity contribution in [1.82, 2.24) is 26.2 Å². The lowest BCUT2D eigenvalue weighted by Gasteiger charge is -2.25. The number of carboxylic acid groups (broad SMARTS) is 3. The Morgan fingerprint density at radius 3 is 1.84 bits per heavy atom. The highest BCUT2D eigenvalue weighted by molar-refractivity contribution is 7.80. The van der Waals surface area contributed by atoms with Crippen LogP contribution < -0.4 is 21.3 Å². The smallest absolute Gasteiger partial charge is 0.320 e. The van der Waals surface area contributed by atoms with Gasteiger partial charge in [0.2, 0.25) is 17.7 Å². The topological polar surface area (TPSA) is 249 Å². The molecule has 0 aromatic heterocycles. The zero-order chi connectivity index (χ0) is 36.3. The number of amides is 4. The van der Waals surface area contributed by atoms with Crippen molar-refractivity contribution in [2.24, 2.45) is 0 Å². The first-order valence-electron chi connectivity index (χ1n) is 15.2. The lowest BCUT2D eigenvalue weighted by Crippen LogP contribution is -2.50. The minimum atomic E-state index is -1.37. The Hall–Kier alpha value is -5.29. The van der Waals surface area contributed by atoms with Crippen molar-refractivity contribution in [2.45, 2.75) is 44.2 Å². The molecule has 49 heavy (non-hydrogen) atoms. The highest BCUT2D eigenvalue weighted by Crippen LogP contribution is 2.12. The summed E-state index contributed by atoms with van der Waals surface area (Å²) < 4.78 is 0. The third-order valence-corrected chi connectivity index (χ3v) is 7.36. The van der Waals surface area contributed by atoms with Crippen molar-refractivity contribution in [3.05, 3.63) is 71.3 Å². The lowest BCUT2D eigenvalue weighted by atomic mass is 10.0. The molecular formula is C32H39N5O11S. The van der Waals surface area contributed by atoms with Crippen LogP contribution in [0.4, 0.5) is 0 Å². The second-order valence-electron chi connectivity index (χ2n) is 10.7. The molecule has 0 saturated heterocycles. The second kappa shape index (κ2) is 20.8. The van der Waals surface area contributed by atoms with Gasteiger partial charge in [-0.2, -0.15) is 12.6 Å². The van der Waals surface area contributed by atoms with Crippen molar-refractivity contribution in [3.63, 3.8) is 0 Å². The molecular weight excluding hydrogens is 662 g/mol. The number of carbonyl (C=O) groups excluding carboxylic acids is 5. The lowest BCUT2D eigenvalue weighted by molar-refractivity contribution is -0.149. The van der Waals surface area contributed by atoms with E-state index >= 15 is 0 Å². The largest absolute Gasteiger partial charge is 0.480 e. The highest BCUT2D eigenvalue weighted by atomic mass is 32.1. The Balaban J connectivity index is 1.69. The van der Waals surface area contributed by atoms with Crippen molar-refractivity contribution < 1.29 is 53.7 Å². The van der Waals surface area contributed by atoms with Crippen LogP contribution in [0.5, 0.6) is 0 Å². The molecule has 0 heterocycles. The van der Waals surface area contributed by atoms with Gasteiger partial charge in [0.05, 0.1) is 19.8 Å². The fraction of sp³-hybridized carbons (Fsp3) is 0.375. The van der Waals surface area contributed by atoms with E-state index in [1.807, 2.05) is 0 Å². The number of benzene rings is 2. The number of hydrogen-bond donors (Lipinski definition) is 8. The molecule has 0 fully saturated rings. The number of rotatable bonds is 22. The zero-order valence-electron chi connectivity index (χ0n) is 26.4.